The highest BCUT2D eigenvalue weighted by atomic mass is 32.2. The predicted molar refractivity (Wildman–Crippen MR) is 106 cm³/mol. The van der Waals surface area contributed by atoms with E-state index in [1.807, 2.05) is 19.1 Å². The summed E-state index contributed by atoms with van der Waals surface area (Å²) in [5.41, 5.74) is 2.72. The van der Waals surface area contributed by atoms with Gasteiger partial charge in [-0.3, -0.25) is 4.79 Å². The van der Waals surface area contributed by atoms with Crippen molar-refractivity contribution < 1.29 is 13.2 Å². The zero-order valence-corrected chi connectivity index (χ0v) is 16.5. The van der Waals surface area contributed by atoms with Gasteiger partial charge in [-0.15, -0.1) is 0 Å². The van der Waals surface area contributed by atoms with Crippen LogP contribution in [0.2, 0.25) is 0 Å². The van der Waals surface area contributed by atoms with E-state index in [0.717, 1.165) is 15.5 Å². The molecule has 1 N–H and O–H groups in total. The molecule has 0 saturated carbocycles. The average molecular weight is 385 g/mol. The molecular weight excluding hydrogens is 362 g/mol. The predicted octanol–water partition coefficient (Wildman–Crippen LogP) is 2.63. The van der Waals surface area contributed by atoms with Gasteiger partial charge in [0.2, 0.25) is 10.0 Å². The molecule has 0 unspecified atom stereocenters. The fourth-order valence-electron chi connectivity index (χ4n) is 3.02. The summed E-state index contributed by atoms with van der Waals surface area (Å²) in [5, 5.41) is 4.07. The van der Waals surface area contributed by atoms with Crippen LogP contribution in [0, 0.1) is 6.92 Å². The third-order valence-electron chi connectivity index (χ3n) is 4.53. The number of benzene rings is 2. The number of aryl methyl sites for hydroxylation is 1. The SMILES string of the molecule is Cc1cc2ccccc2n1CCNC(=O)c1ccc(S(=O)(=O)N(C)C)cc1. The fraction of sp³-hybridized carbons (Fsp3) is 0.250. The van der Waals surface area contributed by atoms with E-state index in [1.165, 1.54) is 43.7 Å². The van der Waals surface area contributed by atoms with Crippen LogP contribution in [0.1, 0.15) is 16.1 Å². The van der Waals surface area contributed by atoms with Crippen LogP contribution >= 0.6 is 0 Å². The van der Waals surface area contributed by atoms with E-state index in [2.05, 4.69) is 28.1 Å². The lowest BCUT2D eigenvalue weighted by atomic mass is 10.2. The molecule has 3 aromatic rings. The van der Waals surface area contributed by atoms with Gasteiger partial charge in [-0.2, -0.15) is 0 Å². The number of nitrogens with one attached hydrogen (secondary N) is 1. The number of fused-ring (bicyclic) bond motifs is 1. The Hall–Kier alpha value is -2.64. The number of hydrogen-bond acceptors (Lipinski definition) is 3. The van der Waals surface area contributed by atoms with E-state index in [9.17, 15) is 13.2 Å². The quantitative estimate of drug-likeness (QED) is 0.709. The Morgan fingerprint density at radius 3 is 2.41 bits per heavy atom. The van der Waals surface area contributed by atoms with Crippen molar-refractivity contribution in [2.75, 3.05) is 20.6 Å². The molecule has 0 aliphatic rings. The fourth-order valence-corrected chi connectivity index (χ4v) is 3.92. The summed E-state index contributed by atoms with van der Waals surface area (Å²) in [6.45, 7) is 3.19. The van der Waals surface area contributed by atoms with Crippen LogP contribution in [0.15, 0.2) is 59.5 Å². The van der Waals surface area contributed by atoms with Crippen molar-refractivity contribution in [1.29, 1.82) is 0 Å². The highest BCUT2D eigenvalue weighted by molar-refractivity contribution is 7.89. The van der Waals surface area contributed by atoms with Gasteiger partial charge in [0.25, 0.3) is 5.91 Å². The Labute approximate surface area is 159 Å². The standard InChI is InChI=1S/C20H23N3O3S/c1-15-14-17-6-4-5-7-19(17)23(15)13-12-21-20(24)16-8-10-18(11-9-16)27(25,26)22(2)3/h4-11,14H,12-13H2,1-3H3,(H,21,24). The highest BCUT2D eigenvalue weighted by Gasteiger charge is 2.17. The summed E-state index contributed by atoms with van der Waals surface area (Å²) in [5.74, 6) is -0.224. The molecule has 0 spiro atoms. The van der Waals surface area contributed by atoms with Crippen molar-refractivity contribution in [3.05, 3.63) is 65.9 Å². The normalized spacial score (nSPS) is 11.9. The average Bonchev–Trinajstić information content (AvgIpc) is 2.97. The number of hydrogen-bond donors (Lipinski definition) is 1. The Balaban J connectivity index is 1.65. The van der Waals surface area contributed by atoms with Gasteiger partial charge in [-0.25, -0.2) is 12.7 Å². The number of rotatable bonds is 6. The Bertz CT molecular complexity index is 1070. The van der Waals surface area contributed by atoms with Gasteiger partial charge in [0, 0.05) is 44.0 Å². The molecule has 0 aliphatic heterocycles. The number of nitrogens with zero attached hydrogens (tertiary/aromatic N) is 2. The van der Waals surface area contributed by atoms with Gasteiger partial charge >= 0.3 is 0 Å². The maximum atomic E-state index is 12.3. The van der Waals surface area contributed by atoms with E-state index in [-0.39, 0.29) is 10.8 Å². The van der Waals surface area contributed by atoms with Crippen LogP contribution in [0.3, 0.4) is 0 Å². The summed E-state index contributed by atoms with van der Waals surface area (Å²) < 4.78 is 27.5. The zero-order valence-electron chi connectivity index (χ0n) is 15.6. The van der Waals surface area contributed by atoms with E-state index in [0.29, 0.717) is 18.7 Å². The first-order valence-electron chi connectivity index (χ1n) is 8.66. The molecule has 142 valence electrons. The van der Waals surface area contributed by atoms with E-state index >= 15 is 0 Å². The minimum absolute atomic E-state index is 0.165. The maximum absolute atomic E-state index is 12.3. The molecule has 0 radical (unpaired) electrons. The lowest BCUT2D eigenvalue weighted by Gasteiger charge is -2.12. The minimum Gasteiger partial charge on any atom is -0.350 e. The summed E-state index contributed by atoms with van der Waals surface area (Å²) in [6.07, 6.45) is 0. The highest BCUT2D eigenvalue weighted by Crippen LogP contribution is 2.19. The number of aromatic nitrogens is 1. The summed E-state index contributed by atoms with van der Waals surface area (Å²) >= 11 is 0. The number of amides is 1. The number of sulfonamides is 1. The Morgan fingerprint density at radius 1 is 1.07 bits per heavy atom. The molecule has 6 nitrogen and oxygen atoms in total. The largest absolute Gasteiger partial charge is 0.350 e. The molecule has 1 aromatic heterocycles. The lowest BCUT2D eigenvalue weighted by Crippen LogP contribution is -2.27. The number of carbonyl (C=O) groups excluding carboxylic acids is 1. The molecule has 1 amide bonds. The number of para-hydroxylation sites is 1. The smallest absolute Gasteiger partial charge is 0.251 e. The lowest BCUT2D eigenvalue weighted by molar-refractivity contribution is 0.0952. The zero-order chi connectivity index (χ0) is 19.6. The first kappa shape index (κ1) is 19.1. The van der Waals surface area contributed by atoms with Crippen LogP contribution in [0.4, 0.5) is 0 Å². The van der Waals surface area contributed by atoms with E-state index in [1.54, 1.807) is 0 Å². The Kier molecular flexibility index (Phi) is 5.34. The van der Waals surface area contributed by atoms with Crippen molar-refractivity contribution in [2.45, 2.75) is 18.4 Å². The molecule has 3 rings (SSSR count). The second kappa shape index (κ2) is 7.54. The molecular formula is C20H23N3O3S. The number of carbonyl (C=O) groups is 1. The van der Waals surface area contributed by atoms with Crippen LogP contribution in [-0.4, -0.2) is 43.8 Å². The Morgan fingerprint density at radius 2 is 1.74 bits per heavy atom. The van der Waals surface area contributed by atoms with Crippen LogP contribution in [0.5, 0.6) is 0 Å². The topological polar surface area (TPSA) is 71.4 Å². The van der Waals surface area contributed by atoms with Gasteiger partial charge in [0.05, 0.1) is 4.90 Å². The van der Waals surface area contributed by atoms with Gasteiger partial charge in [-0.1, -0.05) is 18.2 Å². The second-order valence-corrected chi connectivity index (χ2v) is 8.72. The molecule has 0 fully saturated rings. The monoisotopic (exact) mass is 385 g/mol. The van der Waals surface area contributed by atoms with Crippen LogP contribution in [0.25, 0.3) is 10.9 Å². The summed E-state index contributed by atoms with van der Waals surface area (Å²) in [4.78, 5) is 12.5. The first-order chi connectivity index (χ1) is 12.8. The molecule has 27 heavy (non-hydrogen) atoms. The molecule has 1 heterocycles. The first-order valence-corrected chi connectivity index (χ1v) is 10.1. The molecule has 0 saturated heterocycles. The van der Waals surface area contributed by atoms with Crippen molar-refractivity contribution in [3.8, 4) is 0 Å². The molecule has 0 atom stereocenters. The molecule has 0 aliphatic carbocycles. The van der Waals surface area contributed by atoms with E-state index < -0.39 is 10.0 Å². The second-order valence-electron chi connectivity index (χ2n) is 6.56. The summed E-state index contributed by atoms with van der Waals surface area (Å²) in [6, 6.07) is 16.2. The minimum atomic E-state index is -3.49. The molecule has 2 aromatic carbocycles. The van der Waals surface area contributed by atoms with E-state index in [4.69, 9.17) is 0 Å². The van der Waals surface area contributed by atoms with Crippen molar-refractivity contribution in [3.63, 3.8) is 0 Å². The van der Waals surface area contributed by atoms with Crippen molar-refractivity contribution in [1.82, 2.24) is 14.2 Å². The van der Waals surface area contributed by atoms with Gasteiger partial charge in [0.15, 0.2) is 0 Å². The summed E-state index contributed by atoms with van der Waals surface area (Å²) in [7, 11) is -0.543. The van der Waals surface area contributed by atoms with Crippen LogP contribution in [-0.2, 0) is 16.6 Å². The van der Waals surface area contributed by atoms with Gasteiger partial charge in [0.1, 0.15) is 0 Å². The van der Waals surface area contributed by atoms with Crippen LogP contribution < -0.4 is 5.32 Å². The molecule has 0 bridgehead atoms. The third-order valence-corrected chi connectivity index (χ3v) is 6.36. The van der Waals surface area contributed by atoms with Gasteiger partial charge in [-0.05, 0) is 48.7 Å². The van der Waals surface area contributed by atoms with Crippen molar-refractivity contribution >= 4 is 26.8 Å². The maximum Gasteiger partial charge on any atom is 0.251 e. The van der Waals surface area contributed by atoms with Gasteiger partial charge < -0.3 is 9.88 Å². The molecule has 7 heteroatoms. The third kappa shape index (κ3) is 3.89. The van der Waals surface area contributed by atoms with Crippen molar-refractivity contribution in [2.24, 2.45) is 0 Å².